The highest BCUT2D eigenvalue weighted by Crippen LogP contribution is 2.21. The van der Waals surface area contributed by atoms with Crippen molar-refractivity contribution in [3.05, 3.63) is 111 Å². The van der Waals surface area contributed by atoms with Gasteiger partial charge in [0.25, 0.3) is 11.8 Å². The first kappa shape index (κ1) is 32.8. The van der Waals surface area contributed by atoms with E-state index in [-0.39, 0.29) is 18.0 Å². The third-order valence-electron chi connectivity index (χ3n) is 7.24. The summed E-state index contributed by atoms with van der Waals surface area (Å²) in [6.45, 7) is 7.29. The fraction of sp³-hybridized carbons (Fsp3) is 0.353. The number of carbonyl (C=O) groups is 2. The van der Waals surface area contributed by atoms with Gasteiger partial charge in [-0.3, -0.25) is 14.6 Å². The van der Waals surface area contributed by atoms with Gasteiger partial charge < -0.3 is 25.4 Å². The Balaban J connectivity index is 1.48. The number of rotatable bonds is 14. The number of methoxy groups -OCH3 is 1. The van der Waals surface area contributed by atoms with E-state index in [2.05, 4.69) is 40.5 Å². The minimum atomic E-state index is -0.884. The third kappa shape index (κ3) is 9.19. The van der Waals surface area contributed by atoms with Crippen LogP contribution in [0.4, 0.5) is 0 Å². The number of thiazole rings is 1. The molecule has 4 rings (SSSR count). The number of hydrogen-bond acceptors (Lipinski definition) is 8. The van der Waals surface area contributed by atoms with Gasteiger partial charge in [0.2, 0.25) is 0 Å². The van der Waals surface area contributed by atoms with E-state index in [1.165, 1.54) is 18.4 Å². The maximum absolute atomic E-state index is 13.6. The van der Waals surface area contributed by atoms with Crippen molar-refractivity contribution in [1.82, 2.24) is 25.5 Å². The van der Waals surface area contributed by atoms with Gasteiger partial charge in [-0.05, 0) is 60.7 Å². The first-order valence-electron chi connectivity index (χ1n) is 14.7. The topological polar surface area (TPSA) is 117 Å². The molecule has 0 aliphatic carbocycles. The van der Waals surface area contributed by atoms with Crippen LogP contribution < -0.4 is 15.4 Å². The molecular weight excluding hydrogens is 574 g/mol. The average molecular weight is 616 g/mol. The number of carbonyl (C=O) groups excluding carboxylic acids is 2. The molecule has 0 bridgehead atoms. The molecule has 232 valence electrons. The van der Waals surface area contributed by atoms with Crippen molar-refractivity contribution < 1.29 is 19.4 Å². The van der Waals surface area contributed by atoms with Gasteiger partial charge in [0.05, 0.1) is 25.8 Å². The second-order valence-electron chi connectivity index (χ2n) is 11.2. The Hall–Kier alpha value is -4.12. The zero-order valence-electron chi connectivity index (χ0n) is 25.9. The van der Waals surface area contributed by atoms with E-state index in [1.54, 1.807) is 36.3 Å². The molecule has 0 radical (unpaired) electrons. The van der Waals surface area contributed by atoms with Crippen molar-refractivity contribution >= 4 is 23.2 Å². The van der Waals surface area contributed by atoms with Gasteiger partial charge >= 0.3 is 0 Å². The molecule has 3 N–H and O–H groups in total. The number of hydrogen-bond donors (Lipinski definition) is 3. The number of pyridine rings is 1. The van der Waals surface area contributed by atoms with Crippen LogP contribution >= 0.6 is 11.3 Å². The lowest BCUT2D eigenvalue weighted by Gasteiger charge is -2.25. The van der Waals surface area contributed by atoms with E-state index >= 15 is 0 Å². The summed E-state index contributed by atoms with van der Waals surface area (Å²) in [6, 6.07) is 17.9. The van der Waals surface area contributed by atoms with E-state index < -0.39 is 18.1 Å². The fourth-order valence-corrected chi connectivity index (χ4v) is 5.60. The maximum Gasteiger partial charge on any atom is 0.254 e. The highest BCUT2D eigenvalue weighted by molar-refractivity contribution is 7.09. The first-order chi connectivity index (χ1) is 21.1. The quantitative estimate of drug-likeness (QED) is 0.188. The molecule has 0 aliphatic rings. The largest absolute Gasteiger partial charge is 0.497 e. The van der Waals surface area contributed by atoms with Crippen molar-refractivity contribution in [1.29, 1.82) is 0 Å². The van der Waals surface area contributed by atoms with Crippen molar-refractivity contribution in [2.45, 2.75) is 58.3 Å². The van der Waals surface area contributed by atoms with Gasteiger partial charge in [-0.25, -0.2) is 4.98 Å². The first-order valence-corrected chi connectivity index (χ1v) is 15.5. The average Bonchev–Trinajstić information content (AvgIpc) is 3.44. The number of nitrogens with one attached hydrogen (secondary N) is 2. The highest BCUT2D eigenvalue weighted by atomic mass is 32.1. The van der Waals surface area contributed by atoms with Crippen LogP contribution in [0.2, 0.25) is 0 Å². The maximum atomic E-state index is 13.6. The van der Waals surface area contributed by atoms with Crippen LogP contribution in [0, 0.1) is 6.92 Å². The molecule has 0 spiro atoms. The molecule has 10 heteroatoms. The molecular formula is C34H41N5O4S. The van der Waals surface area contributed by atoms with Crippen molar-refractivity contribution in [3.63, 3.8) is 0 Å². The Morgan fingerprint density at radius 2 is 1.80 bits per heavy atom. The van der Waals surface area contributed by atoms with Crippen LogP contribution in [0.3, 0.4) is 0 Å². The highest BCUT2D eigenvalue weighted by Gasteiger charge is 2.24. The number of benzene rings is 2. The molecule has 2 aromatic heterocycles. The number of amides is 2. The summed E-state index contributed by atoms with van der Waals surface area (Å²) in [5, 5.41) is 20.4. The number of aromatic nitrogens is 2. The molecule has 0 saturated heterocycles. The second-order valence-corrected chi connectivity index (χ2v) is 12.1. The fourth-order valence-electron chi connectivity index (χ4n) is 4.77. The molecule has 0 aliphatic heterocycles. The predicted octanol–water partition coefficient (Wildman–Crippen LogP) is 4.74. The molecule has 0 saturated carbocycles. The normalized spacial score (nSPS) is 12.5. The minimum Gasteiger partial charge on any atom is -0.497 e. The Morgan fingerprint density at radius 3 is 2.48 bits per heavy atom. The third-order valence-corrected chi connectivity index (χ3v) is 8.19. The van der Waals surface area contributed by atoms with Crippen LogP contribution in [-0.2, 0) is 19.5 Å². The number of aliphatic hydroxyl groups excluding tert-OH is 1. The summed E-state index contributed by atoms with van der Waals surface area (Å²) >= 11 is 1.50. The van der Waals surface area contributed by atoms with Crippen LogP contribution in [0.25, 0.3) is 0 Å². The monoisotopic (exact) mass is 615 g/mol. The number of nitrogens with zero attached hydrogens (tertiary/aromatic N) is 3. The minimum absolute atomic E-state index is 0.257. The van der Waals surface area contributed by atoms with Crippen LogP contribution in [0.1, 0.15) is 68.0 Å². The Bertz CT molecular complexity index is 1540. The molecule has 0 unspecified atom stereocenters. The zero-order chi connectivity index (χ0) is 31.6. The lowest BCUT2D eigenvalue weighted by molar-refractivity contribution is 0.0784. The zero-order valence-corrected chi connectivity index (χ0v) is 26.7. The van der Waals surface area contributed by atoms with Gasteiger partial charge in [0, 0.05) is 54.2 Å². The van der Waals surface area contributed by atoms with Gasteiger partial charge in [0.15, 0.2) is 0 Å². The van der Waals surface area contributed by atoms with Crippen LogP contribution in [0.5, 0.6) is 5.75 Å². The van der Waals surface area contributed by atoms with Gasteiger partial charge in [0.1, 0.15) is 10.8 Å². The van der Waals surface area contributed by atoms with E-state index in [0.717, 1.165) is 27.5 Å². The molecule has 44 heavy (non-hydrogen) atoms. The van der Waals surface area contributed by atoms with E-state index in [1.807, 2.05) is 48.7 Å². The van der Waals surface area contributed by atoms with Crippen molar-refractivity contribution in [3.8, 4) is 5.75 Å². The summed E-state index contributed by atoms with van der Waals surface area (Å²) in [6.07, 6.45) is 1.34. The number of aliphatic hydroxyl groups is 1. The van der Waals surface area contributed by atoms with Crippen LogP contribution in [0.15, 0.2) is 72.2 Å². The van der Waals surface area contributed by atoms with Crippen LogP contribution in [-0.4, -0.2) is 64.6 Å². The van der Waals surface area contributed by atoms with Gasteiger partial charge in [-0.15, -0.1) is 11.3 Å². The molecule has 4 aromatic rings. The second kappa shape index (κ2) is 15.6. The van der Waals surface area contributed by atoms with Gasteiger partial charge in [-0.1, -0.05) is 44.2 Å². The standard InChI is InChI=1S/C34H41N5O4S/c1-22(2)29-14-25(11-12-36-29)18-35-19-31(40)30(13-24-9-7-6-8-10-24)38-33(41)26-15-27(17-28(16-26)43-5)34(42)39(4)20-32-37-23(3)21-44-32/h6-12,14-17,21-22,30-31,35,40H,13,18-20H2,1-5H3,(H,38,41)/t30-,31+/m0/s1. The Morgan fingerprint density at radius 1 is 1.05 bits per heavy atom. The molecule has 2 amide bonds. The Labute approximate surface area is 263 Å². The van der Waals surface area contributed by atoms with Gasteiger partial charge in [-0.2, -0.15) is 0 Å². The molecule has 2 aromatic carbocycles. The summed E-state index contributed by atoms with van der Waals surface area (Å²) < 4.78 is 5.44. The SMILES string of the molecule is COc1cc(C(=O)N[C@@H](Cc2ccccc2)[C@H](O)CNCc2ccnc(C(C)C)c2)cc(C(=O)N(C)Cc2nc(C)cs2)c1. The van der Waals surface area contributed by atoms with E-state index in [0.29, 0.717) is 36.7 Å². The summed E-state index contributed by atoms with van der Waals surface area (Å²) in [5.74, 6) is 0.0416. The molecule has 0 fully saturated rings. The number of ether oxygens (including phenoxy) is 1. The van der Waals surface area contributed by atoms with E-state index in [4.69, 9.17) is 4.74 Å². The number of aryl methyl sites for hydroxylation is 1. The lowest BCUT2D eigenvalue weighted by Crippen LogP contribution is -2.48. The lowest BCUT2D eigenvalue weighted by atomic mass is 10.00. The van der Waals surface area contributed by atoms with Crippen molar-refractivity contribution in [2.75, 3.05) is 20.7 Å². The van der Waals surface area contributed by atoms with E-state index in [9.17, 15) is 14.7 Å². The van der Waals surface area contributed by atoms with Crippen molar-refractivity contribution in [2.24, 2.45) is 0 Å². The Kier molecular flexibility index (Phi) is 11.6. The summed E-state index contributed by atoms with van der Waals surface area (Å²) in [5.41, 5.74) is 4.56. The molecule has 2 atom stereocenters. The predicted molar refractivity (Wildman–Crippen MR) is 173 cm³/mol. The molecule has 9 nitrogen and oxygen atoms in total. The molecule has 2 heterocycles. The summed E-state index contributed by atoms with van der Waals surface area (Å²) in [4.78, 5) is 37.4. The summed E-state index contributed by atoms with van der Waals surface area (Å²) in [7, 11) is 3.20. The smallest absolute Gasteiger partial charge is 0.254 e.